The lowest BCUT2D eigenvalue weighted by atomic mass is 10.2. The summed E-state index contributed by atoms with van der Waals surface area (Å²) in [5.74, 6) is -0.104. The molecule has 3 N–H and O–H groups in total. The predicted molar refractivity (Wildman–Crippen MR) is 120 cm³/mol. The highest BCUT2D eigenvalue weighted by Crippen LogP contribution is 2.34. The molecule has 1 atom stereocenters. The van der Waals surface area contributed by atoms with Gasteiger partial charge in [-0.15, -0.1) is 8.80 Å². The summed E-state index contributed by atoms with van der Waals surface area (Å²) in [6.45, 7) is 0.857. The number of anilines is 2. The van der Waals surface area contributed by atoms with Crippen LogP contribution < -0.4 is 10.6 Å². The van der Waals surface area contributed by atoms with Gasteiger partial charge >= 0.3 is 0 Å². The van der Waals surface area contributed by atoms with Gasteiger partial charge in [-0.3, -0.25) is 0 Å². The number of halogens is 1. The first-order valence-corrected chi connectivity index (χ1v) is 12.4. The lowest BCUT2D eigenvalue weighted by Gasteiger charge is -2.18. The van der Waals surface area contributed by atoms with Crippen LogP contribution >= 0.6 is 15.9 Å². The molecule has 30 heavy (non-hydrogen) atoms. The first-order chi connectivity index (χ1) is 14.4. The van der Waals surface area contributed by atoms with Crippen molar-refractivity contribution in [3.63, 3.8) is 0 Å². The molecule has 0 aromatic heterocycles. The van der Waals surface area contributed by atoms with Gasteiger partial charge in [0.1, 0.15) is 4.90 Å². The highest BCUT2D eigenvalue weighted by atomic mass is 79.9. The standard InChI is InChI=1S/C18H18BrN5O4S2/c19-12-6-1-2-7-13(12)20-17-18(23-29(26)22-17)21-14-8-5-9-15(16(14)25)30(27,28)24-10-3-4-11-24/h1-2,5-9,25H,3-4,10-11H2,(H,20,22)(H,21,23). The van der Waals surface area contributed by atoms with E-state index in [-0.39, 0.29) is 22.3 Å². The van der Waals surface area contributed by atoms with Crippen LogP contribution in [0.4, 0.5) is 11.4 Å². The number of nitrogens with zero attached hydrogens (tertiary/aromatic N) is 3. The zero-order chi connectivity index (χ0) is 21.3. The summed E-state index contributed by atoms with van der Waals surface area (Å²) in [6, 6.07) is 11.7. The van der Waals surface area contributed by atoms with Gasteiger partial charge in [0.15, 0.2) is 17.4 Å². The molecule has 0 saturated carbocycles. The molecule has 158 valence electrons. The molecule has 4 rings (SSSR count). The summed E-state index contributed by atoms with van der Waals surface area (Å²) in [7, 11) is -3.81. The summed E-state index contributed by atoms with van der Waals surface area (Å²) in [4.78, 5) is -0.189. The second-order valence-corrected chi connectivity index (χ2v) is 10.2. The van der Waals surface area contributed by atoms with Gasteiger partial charge in [-0.25, -0.2) is 12.6 Å². The molecule has 9 nitrogen and oxygen atoms in total. The smallest absolute Gasteiger partial charge is 0.269 e. The minimum absolute atomic E-state index is 0.120. The van der Waals surface area contributed by atoms with Crippen LogP contribution in [0.1, 0.15) is 12.8 Å². The van der Waals surface area contributed by atoms with Crippen LogP contribution in [0.2, 0.25) is 0 Å². The predicted octanol–water partition coefficient (Wildman–Crippen LogP) is 2.85. The Hall–Kier alpha value is -2.28. The number of nitrogens with one attached hydrogen (secondary N) is 2. The lowest BCUT2D eigenvalue weighted by Crippen LogP contribution is -2.29. The van der Waals surface area contributed by atoms with Crippen LogP contribution in [0.5, 0.6) is 5.75 Å². The molecule has 1 unspecified atom stereocenters. The number of benzene rings is 2. The normalized spacial score (nSPS) is 19.4. The fraction of sp³-hybridized carbons (Fsp3) is 0.222. The molecule has 0 spiro atoms. The van der Waals surface area contributed by atoms with Crippen LogP contribution in [0, 0.1) is 0 Å². The van der Waals surface area contributed by atoms with Crippen molar-refractivity contribution < 1.29 is 17.7 Å². The number of phenolic OH excluding ortho intramolecular Hbond substituents is 1. The molecular weight excluding hydrogens is 494 g/mol. The first-order valence-electron chi connectivity index (χ1n) is 9.07. The van der Waals surface area contributed by atoms with Crippen molar-refractivity contribution in [1.29, 1.82) is 0 Å². The monoisotopic (exact) mass is 511 g/mol. The zero-order valence-electron chi connectivity index (χ0n) is 15.6. The summed E-state index contributed by atoms with van der Waals surface area (Å²) in [5.41, 5.74) is 0.800. The SMILES string of the molecule is O=S1N=C(Nc2ccccc2Br)C(Nc2cccc(S(=O)(=O)N3CCCC3)c2O)=N1. The average Bonchev–Trinajstić information content (AvgIpc) is 3.36. The van der Waals surface area contributed by atoms with E-state index in [4.69, 9.17) is 0 Å². The number of rotatable bonds is 4. The Bertz CT molecular complexity index is 1180. The molecule has 2 aromatic carbocycles. The maximum absolute atomic E-state index is 12.9. The number of sulfonamides is 1. The fourth-order valence-corrected chi connectivity index (χ4v) is 5.77. The van der Waals surface area contributed by atoms with Crippen LogP contribution in [0.15, 0.2) is 60.6 Å². The quantitative estimate of drug-likeness (QED) is 0.542. The molecule has 2 aliphatic heterocycles. The minimum Gasteiger partial charge on any atom is -0.504 e. The molecular formula is C18H18BrN5O4S2. The van der Waals surface area contributed by atoms with Crippen molar-refractivity contribution in [2.24, 2.45) is 8.80 Å². The second kappa shape index (κ2) is 8.46. The molecule has 1 fully saturated rings. The van der Waals surface area contributed by atoms with E-state index < -0.39 is 26.9 Å². The van der Waals surface area contributed by atoms with Crippen molar-refractivity contribution >= 4 is 60.2 Å². The molecule has 12 heteroatoms. The van der Waals surface area contributed by atoms with Crippen LogP contribution in [0.3, 0.4) is 0 Å². The van der Waals surface area contributed by atoms with E-state index in [1.54, 1.807) is 6.07 Å². The van der Waals surface area contributed by atoms with Gasteiger partial charge in [-0.2, -0.15) is 4.31 Å². The topological polar surface area (TPSA) is 123 Å². The van der Waals surface area contributed by atoms with Crippen LogP contribution in [0.25, 0.3) is 0 Å². The number of amidine groups is 2. The van der Waals surface area contributed by atoms with Gasteiger partial charge < -0.3 is 15.7 Å². The Morgan fingerprint density at radius 1 is 0.967 bits per heavy atom. The molecule has 2 aliphatic rings. The van der Waals surface area contributed by atoms with Crippen molar-refractivity contribution in [3.05, 3.63) is 46.9 Å². The summed E-state index contributed by atoms with van der Waals surface area (Å²) in [5, 5.41) is 16.5. The lowest BCUT2D eigenvalue weighted by molar-refractivity contribution is 0.445. The van der Waals surface area contributed by atoms with Crippen molar-refractivity contribution in [3.8, 4) is 5.75 Å². The first kappa shape index (κ1) is 21.0. The third-order valence-electron chi connectivity index (χ3n) is 4.62. The van der Waals surface area contributed by atoms with E-state index in [1.165, 1.54) is 22.5 Å². The van der Waals surface area contributed by atoms with Crippen molar-refractivity contribution in [1.82, 2.24) is 4.31 Å². The van der Waals surface area contributed by atoms with Gasteiger partial charge in [0.25, 0.3) is 11.2 Å². The number of hydrogen-bond donors (Lipinski definition) is 3. The zero-order valence-corrected chi connectivity index (χ0v) is 18.8. The van der Waals surface area contributed by atoms with Gasteiger partial charge in [-0.05, 0) is 53.0 Å². The molecule has 0 radical (unpaired) electrons. The van der Waals surface area contributed by atoms with E-state index in [9.17, 15) is 17.7 Å². The Morgan fingerprint density at radius 2 is 1.57 bits per heavy atom. The van der Waals surface area contributed by atoms with E-state index in [0.29, 0.717) is 18.8 Å². The Kier molecular flexibility index (Phi) is 5.91. The minimum atomic E-state index is -3.81. The van der Waals surface area contributed by atoms with E-state index in [1.807, 2.05) is 18.2 Å². The van der Waals surface area contributed by atoms with Gasteiger partial charge in [0.2, 0.25) is 10.0 Å². The van der Waals surface area contributed by atoms with Gasteiger partial charge in [-0.1, -0.05) is 18.2 Å². The number of phenols is 1. The summed E-state index contributed by atoms with van der Waals surface area (Å²) in [6.07, 6.45) is 1.59. The molecule has 1 saturated heterocycles. The van der Waals surface area contributed by atoms with E-state index in [0.717, 1.165) is 17.3 Å². The van der Waals surface area contributed by atoms with Crippen molar-refractivity contribution in [2.45, 2.75) is 17.7 Å². The Balaban J connectivity index is 1.61. The molecule has 2 heterocycles. The average molecular weight is 512 g/mol. The van der Waals surface area contributed by atoms with E-state index in [2.05, 4.69) is 35.4 Å². The van der Waals surface area contributed by atoms with Gasteiger partial charge in [0, 0.05) is 17.6 Å². The van der Waals surface area contributed by atoms with Gasteiger partial charge in [0.05, 0.1) is 11.4 Å². The van der Waals surface area contributed by atoms with E-state index >= 15 is 0 Å². The second-order valence-electron chi connectivity index (χ2n) is 6.60. The third kappa shape index (κ3) is 4.13. The summed E-state index contributed by atoms with van der Waals surface area (Å²) >= 11 is 1.58. The molecule has 2 aromatic rings. The Labute approximate surface area is 184 Å². The molecule has 0 amide bonds. The largest absolute Gasteiger partial charge is 0.504 e. The summed E-state index contributed by atoms with van der Waals surface area (Å²) < 4.78 is 47.6. The fourth-order valence-electron chi connectivity index (χ4n) is 3.14. The number of aromatic hydroxyl groups is 1. The number of para-hydroxylation sites is 2. The highest BCUT2D eigenvalue weighted by molar-refractivity contribution is 9.10. The van der Waals surface area contributed by atoms with Crippen molar-refractivity contribution in [2.75, 3.05) is 23.7 Å². The molecule has 0 aliphatic carbocycles. The van der Waals surface area contributed by atoms with Crippen LogP contribution in [-0.4, -0.2) is 46.8 Å². The number of hydrogen-bond acceptors (Lipinski definition) is 6. The maximum Gasteiger partial charge on any atom is 0.269 e. The molecule has 0 bridgehead atoms. The van der Waals surface area contributed by atoms with Crippen LogP contribution in [-0.2, 0) is 21.2 Å². The Morgan fingerprint density at radius 3 is 2.23 bits per heavy atom. The highest BCUT2D eigenvalue weighted by Gasteiger charge is 2.31. The maximum atomic E-state index is 12.9. The third-order valence-corrected chi connectivity index (χ3v) is 7.92.